The van der Waals surface area contributed by atoms with Gasteiger partial charge in [0.15, 0.2) is 0 Å². The summed E-state index contributed by atoms with van der Waals surface area (Å²) >= 11 is 5.86. The summed E-state index contributed by atoms with van der Waals surface area (Å²) in [5.74, 6) is 0.909. The van der Waals surface area contributed by atoms with E-state index in [9.17, 15) is 9.59 Å². The van der Waals surface area contributed by atoms with Crippen molar-refractivity contribution < 1.29 is 9.53 Å². The van der Waals surface area contributed by atoms with E-state index in [0.717, 1.165) is 25.4 Å². The summed E-state index contributed by atoms with van der Waals surface area (Å²) in [4.78, 5) is 28.2. The van der Waals surface area contributed by atoms with Gasteiger partial charge in [0.25, 0.3) is 5.56 Å². The topological polar surface area (TPSA) is 54.8 Å². The molecule has 1 aromatic carbocycles. The molecule has 0 N–H and O–H groups in total. The molecule has 1 saturated heterocycles. The SMILES string of the molecule is O=C(CCn1ccccc1=O)N1CCN(CCOc2ccc(Cl)cc2)CC1. The molecule has 6 nitrogen and oxygen atoms in total. The van der Waals surface area contributed by atoms with E-state index in [0.29, 0.717) is 37.7 Å². The molecule has 144 valence electrons. The van der Waals surface area contributed by atoms with Crippen molar-refractivity contribution in [1.82, 2.24) is 14.4 Å². The highest BCUT2D eigenvalue weighted by Gasteiger charge is 2.20. The number of amides is 1. The molecule has 0 bridgehead atoms. The smallest absolute Gasteiger partial charge is 0.250 e. The monoisotopic (exact) mass is 389 g/mol. The Bertz CT molecular complexity index is 799. The molecule has 3 rings (SSSR count). The van der Waals surface area contributed by atoms with Gasteiger partial charge in [-0.25, -0.2) is 0 Å². The predicted molar refractivity (Wildman–Crippen MR) is 105 cm³/mol. The summed E-state index contributed by atoms with van der Waals surface area (Å²) in [6.45, 7) is 4.94. The lowest BCUT2D eigenvalue weighted by molar-refractivity contribution is -0.133. The molecule has 0 radical (unpaired) electrons. The van der Waals surface area contributed by atoms with E-state index < -0.39 is 0 Å². The summed E-state index contributed by atoms with van der Waals surface area (Å²) < 4.78 is 7.30. The van der Waals surface area contributed by atoms with Crippen LogP contribution in [0.2, 0.25) is 5.02 Å². The predicted octanol–water partition coefficient (Wildman–Crippen LogP) is 2.12. The number of hydrogen-bond donors (Lipinski definition) is 0. The maximum absolute atomic E-state index is 12.4. The largest absolute Gasteiger partial charge is 0.492 e. The number of benzene rings is 1. The van der Waals surface area contributed by atoms with Crippen LogP contribution < -0.4 is 10.3 Å². The van der Waals surface area contributed by atoms with Crippen LogP contribution >= 0.6 is 11.6 Å². The summed E-state index contributed by atoms with van der Waals surface area (Å²) in [7, 11) is 0. The highest BCUT2D eigenvalue weighted by atomic mass is 35.5. The second kappa shape index (κ2) is 9.58. The van der Waals surface area contributed by atoms with Crippen LogP contribution in [0.25, 0.3) is 0 Å². The van der Waals surface area contributed by atoms with Crippen LogP contribution in [-0.2, 0) is 11.3 Å². The van der Waals surface area contributed by atoms with Crippen molar-refractivity contribution in [3.05, 3.63) is 64.0 Å². The number of aryl methyl sites for hydroxylation is 1. The van der Waals surface area contributed by atoms with E-state index in [4.69, 9.17) is 16.3 Å². The van der Waals surface area contributed by atoms with Gasteiger partial charge in [-0.1, -0.05) is 17.7 Å². The Hall–Kier alpha value is -2.31. The van der Waals surface area contributed by atoms with Gasteiger partial charge in [-0.2, -0.15) is 0 Å². The average Bonchev–Trinajstić information content (AvgIpc) is 2.69. The molecule has 27 heavy (non-hydrogen) atoms. The van der Waals surface area contributed by atoms with E-state index >= 15 is 0 Å². The minimum Gasteiger partial charge on any atom is -0.492 e. The van der Waals surface area contributed by atoms with Crippen LogP contribution in [0.4, 0.5) is 0 Å². The zero-order chi connectivity index (χ0) is 19.1. The molecule has 1 aromatic heterocycles. The lowest BCUT2D eigenvalue weighted by Crippen LogP contribution is -2.49. The molecule has 0 saturated carbocycles. The lowest BCUT2D eigenvalue weighted by atomic mass is 10.2. The summed E-state index contributed by atoms with van der Waals surface area (Å²) in [5, 5.41) is 0.695. The van der Waals surface area contributed by atoms with Crippen molar-refractivity contribution in [3.63, 3.8) is 0 Å². The number of rotatable bonds is 7. The molecule has 1 amide bonds. The molecule has 0 spiro atoms. The third kappa shape index (κ3) is 5.84. The van der Waals surface area contributed by atoms with Crippen LogP contribution in [0.5, 0.6) is 5.75 Å². The number of nitrogens with zero attached hydrogens (tertiary/aromatic N) is 3. The van der Waals surface area contributed by atoms with Crippen LogP contribution in [0, 0.1) is 0 Å². The normalized spacial score (nSPS) is 14.9. The van der Waals surface area contributed by atoms with Crippen molar-refractivity contribution in [2.75, 3.05) is 39.3 Å². The van der Waals surface area contributed by atoms with E-state index in [1.54, 1.807) is 22.9 Å². The molecule has 2 aromatic rings. The molecule has 1 aliphatic heterocycles. The van der Waals surface area contributed by atoms with Crippen LogP contribution in [0.15, 0.2) is 53.5 Å². The first-order valence-corrected chi connectivity index (χ1v) is 9.53. The fourth-order valence-corrected chi connectivity index (χ4v) is 3.19. The molecule has 2 heterocycles. The van der Waals surface area contributed by atoms with Gasteiger partial charge in [-0.15, -0.1) is 0 Å². The van der Waals surface area contributed by atoms with E-state index in [2.05, 4.69) is 4.90 Å². The Balaban J connectivity index is 1.35. The molecule has 1 fully saturated rings. The van der Waals surface area contributed by atoms with Gasteiger partial charge in [-0.05, 0) is 30.3 Å². The van der Waals surface area contributed by atoms with Crippen molar-refractivity contribution in [2.45, 2.75) is 13.0 Å². The van der Waals surface area contributed by atoms with Gasteiger partial charge < -0.3 is 14.2 Å². The van der Waals surface area contributed by atoms with Gasteiger partial charge in [0.2, 0.25) is 5.91 Å². The number of halogens is 1. The average molecular weight is 390 g/mol. The fraction of sp³-hybridized carbons (Fsp3) is 0.400. The Kier molecular flexibility index (Phi) is 6.90. The number of carbonyl (C=O) groups is 1. The van der Waals surface area contributed by atoms with Crippen LogP contribution in [0.3, 0.4) is 0 Å². The number of piperazine rings is 1. The van der Waals surface area contributed by atoms with Crippen molar-refractivity contribution in [2.24, 2.45) is 0 Å². The molecule has 0 aliphatic carbocycles. The first-order valence-electron chi connectivity index (χ1n) is 9.16. The van der Waals surface area contributed by atoms with Gasteiger partial charge in [0.1, 0.15) is 12.4 Å². The standard InChI is InChI=1S/C20H24ClN3O3/c21-17-4-6-18(7-5-17)27-16-15-22-11-13-24(14-12-22)20(26)8-10-23-9-2-1-3-19(23)25/h1-7,9H,8,10-16H2. The number of aromatic nitrogens is 1. The second-order valence-corrected chi connectivity index (χ2v) is 6.94. The molecule has 0 atom stereocenters. The summed E-state index contributed by atoms with van der Waals surface area (Å²) in [6, 6.07) is 12.4. The molecular formula is C20H24ClN3O3. The first kappa shape index (κ1) is 19.5. The molecule has 0 unspecified atom stereocenters. The number of hydrogen-bond acceptors (Lipinski definition) is 4. The Morgan fingerprint density at radius 3 is 2.44 bits per heavy atom. The lowest BCUT2D eigenvalue weighted by Gasteiger charge is -2.34. The van der Waals surface area contributed by atoms with Crippen LogP contribution in [-0.4, -0.2) is 59.6 Å². The van der Waals surface area contributed by atoms with Crippen molar-refractivity contribution >= 4 is 17.5 Å². The maximum Gasteiger partial charge on any atom is 0.250 e. The molecular weight excluding hydrogens is 366 g/mol. The molecule has 1 aliphatic rings. The maximum atomic E-state index is 12.4. The van der Waals surface area contributed by atoms with Gasteiger partial charge in [0.05, 0.1) is 0 Å². The highest BCUT2D eigenvalue weighted by molar-refractivity contribution is 6.30. The Morgan fingerprint density at radius 1 is 1.00 bits per heavy atom. The third-order valence-corrected chi connectivity index (χ3v) is 4.93. The molecule has 7 heteroatoms. The zero-order valence-corrected chi connectivity index (χ0v) is 16.0. The van der Waals surface area contributed by atoms with Gasteiger partial charge in [0, 0.05) is 63.0 Å². The van der Waals surface area contributed by atoms with Gasteiger partial charge in [-0.3, -0.25) is 14.5 Å². The Morgan fingerprint density at radius 2 is 1.74 bits per heavy atom. The van der Waals surface area contributed by atoms with Crippen LogP contribution in [0.1, 0.15) is 6.42 Å². The fourth-order valence-electron chi connectivity index (χ4n) is 3.06. The van der Waals surface area contributed by atoms with E-state index in [1.165, 1.54) is 6.07 Å². The quantitative estimate of drug-likeness (QED) is 0.727. The number of ether oxygens (including phenoxy) is 1. The third-order valence-electron chi connectivity index (χ3n) is 4.68. The minimum atomic E-state index is -0.0733. The van der Waals surface area contributed by atoms with E-state index in [1.807, 2.05) is 29.2 Å². The number of carbonyl (C=O) groups excluding carboxylic acids is 1. The van der Waals surface area contributed by atoms with Crippen molar-refractivity contribution in [3.8, 4) is 5.75 Å². The first-order chi connectivity index (χ1) is 13.1. The minimum absolute atomic E-state index is 0.0733. The summed E-state index contributed by atoms with van der Waals surface area (Å²) in [5.41, 5.74) is -0.0733. The van der Waals surface area contributed by atoms with Gasteiger partial charge >= 0.3 is 0 Å². The van der Waals surface area contributed by atoms with E-state index in [-0.39, 0.29) is 11.5 Å². The second-order valence-electron chi connectivity index (χ2n) is 6.51. The zero-order valence-electron chi connectivity index (χ0n) is 15.2. The number of pyridine rings is 1. The Labute approximate surface area is 163 Å². The summed E-state index contributed by atoms with van der Waals surface area (Å²) in [6.07, 6.45) is 2.07. The highest BCUT2D eigenvalue weighted by Crippen LogP contribution is 2.15. The van der Waals surface area contributed by atoms with Crippen molar-refractivity contribution in [1.29, 1.82) is 0 Å².